The fraction of sp³-hybridized carbons (Fsp3) is 0.167. The maximum Gasteiger partial charge on any atom is 0.325 e. The van der Waals surface area contributed by atoms with Crippen molar-refractivity contribution in [2.45, 2.75) is 19.0 Å². The van der Waals surface area contributed by atoms with E-state index in [0.29, 0.717) is 16.9 Å². The number of benzene rings is 1. The SMILES string of the molecule is C[C@@]1(c2ccc(C#N)cc2)NC(=O)N(Cc2nc(-c3ccco3)no2)C1=O. The van der Waals surface area contributed by atoms with E-state index in [0.717, 1.165) is 4.90 Å². The van der Waals surface area contributed by atoms with Gasteiger partial charge in [-0.05, 0) is 36.8 Å². The summed E-state index contributed by atoms with van der Waals surface area (Å²) in [6.07, 6.45) is 1.48. The molecule has 1 aliphatic rings. The van der Waals surface area contributed by atoms with Gasteiger partial charge >= 0.3 is 6.03 Å². The van der Waals surface area contributed by atoms with Crippen LogP contribution >= 0.6 is 0 Å². The van der Waals surface area contributed by atoms with Gasteiger partial charge in [-0.15, -0.1) is 0 Å². The lowest BCUT2D eigenvalue weighted by Crippen LogP contribution is -2.40. The minimum atomic E-state index is -1.24. The van der Waals surface area contributed by atoms with Crippen molar-refractivity contribution in [2.24, 2.45) is 0 Å². The third-order valence-electron chi connectivity index (χ3n) is 4.37. The monoisotopic (exact) mass is 363 g/mol. The number of amides is 3. The van der Waals surface area contributed by atoms with Crippen molar-refractivity contribution < 1.29 is 18.5 Å². The number of nitrogens with one attached hydrogen (secondary N) is 1. The Kier molecular flexibility index (Phi) is 3.74. The van der Waals surface area contributed by atoms with Crippen LogP contribution in [0.15, 0.2) is 51.6 Å². The molecule has 1 atom stereocenters. The maximum absolute atomic E-state index is 12.9. The molecular weight excluding hydrogens is 350 g/mol. The number of furan rings is 1. The topological polar surface area (TPSA) is 125 Å². The average molecular weight is 363 g/mol. The van der Waals surface area contributed by atoms with Crippen molar-refractivity contribution in [3.8, 4) is 17.7 Å². The number of carbonyl (C=O) groups is 2. The number of nitriles is 1. The van der Waals surface area contributed by atoms with Gasteiger partial charge in [0, 0.05) is 0 Å². The van der Waals surface area contributed by atoms with Gasteiger partial charge in [0.15, 0.2) is 5.76 Å². The smallest absolute Gasteiger partial charge is 0.325 e. The van der Waals surface area contributed by atoms with Gasteiger partial charge in [-0.3, -0.25) is 9.69 Å². The molecule has 0 aliphatic carbocycles. The molecule has 9 nitrogen and oxygen atoms in total. The van der Waals surface area contributed by atoms with E-state index in [1.165, 1.54) is 6.26 Å². The Balaban J connectivity index is 1.57. The molecule has 134 valence electrons. The van der Waals surface area contributed by atoms with Crippen LogP contribution in [0.1, 0.15) is 23.9 Å². The highest BCUT2D eigenvalue weighted by molar-refractivity contribution is 6.07. The molecule has 0 spiro atoms. The van der Waals surface area contributed by atoms with Gasteiger partial charge in [-0.1, -0.05) is 17.3 Å². The Hall–Kier alpha value is -3.93. The predicted octanol–water partition coefficient (Wildman–Crippen LogP) is 2.17. The molecule has 27 heavy (non-hydrogen) atoms. The van der Waals surface area contributed by atoms with Crippen LogP contribution in [0.4, 0.5) is 4.79 Å². The number of aromatic nitrogens is 2. The summed E-state index contributed by atoms with van der Waals surface area (Å²) in [5.74, 6) is 0.311. The largest absolute Gasteiger partial charge is 0.461 e. The zero-order chi connectivity index (χ0) is 19.0. The third kappa shape index (κ3) is 2.73. The van der Waals surface area contributed by atoms with E-state index in [2.05, 4.69) is 15.5 Å². The first-order chi connectivity index (χ1) is 13.0. The molecular formula is C18H13N5O4. The molecule has 3 amide bonds. The van der Waals surface area contributed by atoms with Crippen molar-refractivity contribution >= 4 is 11.9 Å². The van der Waals surface area contributed by atoms with E-state index < -0.39 is 17.5 Å². The first-order valence-electron chi connectivity index (χ1n) is 8.02. The van der Waals surface area contributed by atoms with Crippen LogP contribution in [0.25, 0.3) is 11.6 Å². The zero-order valence-corrected chi connectivity index (χ0v) is 14.2. The second kappa shape index (κ2) is 6.10. The Bertz CT molecular complexity index is 1050. The number of nitrogens with zero attached hydrogens (tertiary/aromatic N) is 4. The summed E-state index contributed by atoms with van der Waals surface area (Å²) in [5.41, 5.74) is -0.203. The van der Waals surface area contributed by atoms with Crippen LogP contribution in [0.2, 0.25) is 0 Å². The molecule has 3 aromatic rings. The lowest BCUT2D eigenvalue weighted by atomic mass is 9.91. The number of imide groups is 1. The van der Waals surface area contributed by atoms with Gasteiger partial charge in [0.25, 0.3) is 5.91 Å². The highest BCUT2D eigenvalue weighted by Gasteiger charge is 2.49. The first-order valence-corrected chi connectivity index (χ1v) is 8.02. The Morgan fingerprint density at radius 3 is 2.70 bits per heavy atom. The van der Waals surface area contributed by atoms with Crippen molar-refractivity contribution in [3.63, 3.8) is 0 Å². The summed E-state index contributed by atoms with van der Waals surface area (Å²) < 4.78 is 10.3. The summed E-state index contributed by atoms with van der Waals surface area (Å²) in [6, 6.07) is 11.3. The highest BCUT2D eigenvalue weighted by Crippen LogP contribution is 2.30. The van der Waals surface area contributed by atoms with Crippen LogP contribution in [-0.2, 0) is 16.9 Å². The van der Waals surface area contributed by atoms with Crippen molar-refractivity contribution in [1.82, 2.24) is 20.4 Å². The fourth-order valence-corrected chi connectivity index (χ4v) is 2.87. The molecule has 0 bridgehead atoms. The molecule has 1 saturated heterocycles. The van der Waals surface area contributed by atoms with Crippen LogP contribution in [0, 0.1) is 11.3 Å². The zero-order valence-electron chi connectivity index (χ0n) is 14.2. The summed E-state index contributed by atoms with van der Waals surface area (Å²) in [4.78, 5) is 30.4. The van der Waals surface area contributed by atoms with E-state index in [4.69, 9.17) is 14.2 Å². The minimum absolute atomic E-state index is 0.106. The van der Waals surface area contributed by atoms with Crippen molar-refractivity contribution in [3.05, 3.63) is 59.7 Å². The molecule has 3 heterocycles. The van der Waals surface area contributed by atoms with E-state index in [9.17, 15) is 9.59 Å². The lowest BCUT2D eigenvalue weighted by molar-refractivity contribution is -0.131. The van der Waals surface area contributed by atoms with Crippen molar-refractivity contribution in [2.75, 3.05) is 0 Å². The van der Waals surface area contributed by atoms with Crippen molar-refractivity contribution in [1.29, 1.82) is 5.26 Å². The van der Waals surface area contributed by atoms with E-state index >= 15 is 0 Å². The van der Waals surface area contributed by atoms with Gasteiger partial charge in [0.05, 0.1) is 17.9 Å². The van der Waals surface area contributed by atoms with Crippen LogP contribution in [0.3, 0.4) is 0 Å². The normalized spacial score (nSPS) is 19.2. The van der Waals surface area contributed by atoms with Crippen LogP contribution in [-0.4, -0.2) is 27.0 Å². The summed E-state index contributed by atoms with van der Waals surface area (Å²) in [6.45, 7) is 1.45. The maximum atomic E-state index is 12.9. The number of urea groups is 1. The highest BCUT2D eigenvalue weighted by atomic mass is 16.5. The van der Waals surface area contributed by atoms with Gasteiger partial charge in [-0.25, -0.2) is 4.79 Å². The third-order valence-corrected chi connectivity index (χ3v) is 4.37. The number of carbonyl (C=O) groups excluding carboxylic acids is 2. The van der Waals surface area contributed by atoms with Crippen LogP contribution < -0.4 is 5.32 Å². The summed E-state index contributed by atoms with van der Waals surface area (Å²) >= 11 is 0. The molecule has 0 saturated carbocycles. The Labute approximate surface area is 153 Å². The molecule has 1 fully saturated rings. The lowest BCUT2D eigenvalue weighted by Gasteiger charge is -2.21. The number of rotatable bonds is 4. The average Bonchev–Trinajstić information content (AvgIpc) is 3.40. The second-order valence-corrected chi connectivity index (χ2v) is 6.12. The fourth-order valence-electron chi connectivity index (χ4n) is 2.87. The summed E-state index contributed by atoms with van der Waals surface area (Å²) in [5, 5.41) is 15.4. The first kappa shape index (κ1) is 16.5. The van der Waals surface area contributed by atoms with E-state index in [1.54, 1.807) is 43.3 Å². The second-order valence-electron chi connectivity index (χ2n) is 6.12. The Morgan fingerprint density at radius 1 is 1.26 bits per heavy atom. The predicted molar refractivity (Wildman–Crippen MR) is 89.6 cm³/mol. The molecule has 0 radical (unpaired) electrons. The Morgan fingerprint density at radius 2 is 2.04 bits per heavy atom. The molecule has 9 heteroatoms. The van der Waals surface area contributed by atoms with Crippen LogP contribution in [0.5, 0.6) is 0 Å². The molecule has 2 aromatic heterocycles. The number of hydrogen-bond acceptors (Lipinski definition) is 7. The van der Waals surface area contributed by atoms with Gasteiger partial charge in [0.1, 0.15) is 12.1 Å². The minimum Gasteiger partial charge on any atom is -0.461 e. The van der Waals surface area contributed by atoms with Gasteiger partial charge < -0.3 is 14.3 Å². The molecule has 1 N–H and O–H groups in total. The van der Waals surface area contributed by atoms with E-state index in [1.807, 2.05) is 6.07 Å². The molecule has 4 rings (SSSR count). The molecule has 1 aliphatic heterocycles. The summed E-state index contributed by atoms with van der Waals surface area (Å²) in [7, 11) is 0. The van der Waals surface area contributed by atoms with Gasteiger partial charge in [0.2, 0.25) is 11.7 Å². The van der Waals surface area contributed by atoms with E-state index in [-0.39, 0.29) is 18.3 Å². The molecule has 0 unspecified atom stereocenters. The molecule has 1 aromatic carbocycles. The number of hydrogen-bond donors (Lipinski definition) is 1. The standard InChI is InChI=1S/C18H13N5O4/c1-18(12-6-4-11(9-19)5-7-12)16(24)23(17(25)21-18)10-14-20-15(22-27-14)13-3-2-8-26-13/h2-8H,10H2,1H3,(H,21,25)/t18-/m0/s1. The quantitative estimate of drug-likeness (QED) is 0.704. The van der Waals surface area contributed by atoms with Gasteiger partial charge in [-0.2, -0.15) is 10.2 Å².